The first-order chi connectivity index (χ1) is 11.7. The zero-order valence-electron chi connectivity index (χ0n) is 14.8. The van der Waals surface area contributed by atoms with Crippen LogP contribution >= 0.6 is 24.0 Å². The third-order valence-electron chi connectivity index (χ3n) is 3.58. The van der Waals surface area contributed by atoms with E-state index in [1.807, 2.05) is 43.1 Å². The van der Waals surface area contributed by atoms with Gasteiger partial charge in [0.25, 0.3) is 0 Å². The van der Waals surface area contributed by atoms with Crippen molar-refractivity contribution in [1.82, 2.24) is 10.2 Å². The SMILES string of the molecule is CCNC(=NCC(O)c1ccco1)N(C)Cc1ccccc1OC.I. The lowest BCUT2D eigenvalue weighted by atomic mass is 10.2. The molecule has 138 valence electrons. The van der Waals surface area contributed by atoms with Crippen LogP contribution in [0.25, 0.3) is 0 Å². The second kappa shape index (κ2) is 11.0. The maximum absolute atomic E-state index is 10.1. The van der Waals surface area contributed by atoms with Crippen LogP contribution in [0.2, 0.25) is 0 Å². The number of nitrogens with one attached hydrogen (secondary N) is 1. The maximum Gasteiger partial charge on any atom is 0.194 e. The van der Waals surface area contributed by atoms with Gasteiger partial charge < -0.3 is 24.5 Å². The maximum atomic E-state index is 10.1. The van der Waals surface area contributed by atoms with E-state index in [-0.39, 0.29) is 30.5 Å². The van der Waals surface area contributed by atoms with Crippen LogP contribution in [0, 0.1) is 0 Å². The average Bonchev–Trinajstić information content (AvgIpc) is 3.13. The van der Waals surface area contributed by atoms with Crippen molar-refractivity contribution < 1.29 is 14.3 Å². The molecule has 2 N–H and O–H groups in total. The molecule has 0 spiro atoms. The molecule has 1 aromatic carbocycles. The van der Waals surface area contributed by atoms with Gasteiger partial charge in [0, 0.05) is 25.7 Å². The van der Waals surface area contributed by atoms with E-state index in [1.54, 1.807) is 25.5 Å². The number of ether oxygens (including phenoxy) is 1. The Bertz CT molecular complexity index is 647. The predicted octanol–water partition coefficient (Wildman–Crippen LogP) is 3.04. The smallest absolute Gasteiger partial charge is 0.194 e. The van der Waals surface area contributed by atoms with Crippen molar-refractivity contribution in [2.45, 2.75) is 19.6 Å². The Morgan fingerprint density at radius 3 is 2.72 bits per heavy atom. The van der Waals surface area contributed by atoms with Gasteiger partial charge in [0.1, 0.15) is 17.6 Å². The number of aliphatic hydroxyl groups is 1. The Morgan fingerprint density at radius 1 is 1.32 bits per heavy atom. The number of aliphatic hydroxyl groups excluding tert-OH is 1. The first-order valence-corrected chi connectivity index (χ1v) is 7.98. The zero-order chi connectivity index (χ0) is 17.4. The Kier molecular flexibility index (Phi) is 9.36. The molecule has 1 atom stereocenters. The summed E-state index contributed by atoms with van der Waals surface area (Å²) < 4.78 is 10.6. The number of aliphatic imine (C=N–C) groups is 1. The van der Waals surface area contributed by atoms with Gasteiger partial charge in [0.2, 0.25) is 0 Å². The number of halogens is 1. The van der Waals surface area contributed by atoms with E-state index < -0.39 is 6.10 Å². The molecule has 1 heterocycles. The second-order valence-corrected chi connectivity index (χ2v) is 5.39. The minimum absolute atomic E-state index is 0. The van der Waals surface area contributed by atoms with Crippen LogP contribution in [-0.2, 0) is 6.54 Å². The Balaban J connectivity index is 0.00000312. The number of hydrogen-bond acceptors (Lipinski definition) is 4. The predicted molar refractivity (Wildman–Crippen MR) is 110 cm³/mol. The van der Waals surface area contributed by atoms with Gasteiger partial charge in [-0.2, -0.15) is 0 Å². The van der Waals surface area contributed by atoms with Crippen LogP contribution in [0.4, 0.5) is 0 Å². The summed E-state index contributed by atoms with van der Waals surface area (Å²) in [5.41, 5.74) is 1.07. The van der Waals surface area contributed by atoms with Crippen molar-refractivity contribution in [2.24, 2.45) is 4.99 Å². The van der Waals surface area contributed by atoms with E-state index in [4.69, 9.17) is 9.15 Å². The van der Waals surface area contributed by atoms with Crippen molar-refractivity contribution in [2.75, 3.05) is 27.2 Å². The number of hydrogen-bond donors (Lipinski definition) is 2. The lowest BCUT2D eigenvalue weighted by molar-refractivity contribution is 0.158. The van der Waals surface area contributed by atoms with Crippen molar-refractivity contribution in [3.63, 3.8) is 0 Å². The summed E-state index contributed by atoms with van der Waals surface area (Å²) >= 11 is 0. The Morgan fingerprint density at radius 2 is 2.08 bits per heavy atom. The largest absolute Gasteiger partial charge is 0.496 e. The highest BCUT2D eigenvalue weighted by Crippen LogP contribution is 2.19. The van der Waals surface area contributed by atoms with Crippen LogP contribution in [-0.4, -0.2) is 43.2 Å². The molecule has 0 aliphatic heterocycles. The number of nitrogens with zero attached hydrogens (tertiary/aromatic N) is 2. The van der Waals surface area contributed by atoms with Gasteiger partial charge in [-0.15, -0.1) is 24.0 Å². The first kappa shape index (κ1) is 21.3. The molecule has 0 aliphatic carbocycles. The lowest BCUT2D eigenvalue weighted by Gasteiger charge is -2.23. The quantitative estimate of drug-likeness (QED) is 0.379. The van der Waals surface area contributed by atoms with Gasteiger partial charge in [-0.25, -0.2) is 4.99 Å². The van der Waals surface area contributed by atoms with Crippen LogP contribution in [0.5, 0.6) is 5.75 Å². The third kappa shape index (κ3) is 6.24. The molecule has 7 heteroatoms. The minimum Gasteiger partial charge on any atom is -0.496 e. The fourth-order valence-corrected chi connectivity index (χ4v) is 2.38. The molecule has 25 heavy (non-hydrogen) atoms. The molecule has 6 nitrogen and oxygen atoms in total. The second-order valence-electron chi connectivity index (χ2n) is 5.39. The van der Waals surface area contributed by atoms with Crippen LogP contribution in [0.3, 0.4) is 0 Å². The highest BCUT2D eigenvalue weighted by Gasteiger charge is 2.13. The Hall–Kier alpha value is -1.74. The molecular weight excluding hydrogens is 433 g/mol. The van der Waals surface area contributed by atoms with Gasteiger partial charge in [-0.1, -0.05) is 18.2 Å². The number of guanidine groups is 1. The Labute approximate surface area is 165 Å². The van der Waals surface area contributed by atoms with Gasteiger partial charge in [-0.05, 0) is 25.1 Å². The number of rotatable bonds is 7. The van der Waals surface area contributed by atoms with E-state index in [0.29, 0.717) is 18.3 Å². The summed E-state index contributed by atoms with van der Waals surface area (Å²) in [7, 11) is 3.62. The minimum atomic E-state index is -0.756. The van der Waals surface area contributed by atoms with Gasteiger partial charge in [0.15, 0.2) is 5.96 Å². The van der Waals surface area contributed by atoms with Crippen LogP contribution in [0.15, 0.2) is 52.1 Å². The molecule has 0 saturated heterocycles. The standard InChI is InChI=1S/C18H25N3O3.HI/c1-4-19-18(20-12-15(22)17-10-7-11-24-17)21(2)13-14-8-5-6-9-16(14)23-3;/h5-11,15,22H,4,12-13H2,1-3H3,(H,19,20);1H. The van der Waals surface area contributed by atoms with E-state index >= 15 is 0 Å². The molecule has 1 aromatic heterocycles. The first-order valence-electron chi connectivity index (χ1n) is 7.98. The van der Waals surface area contributed by atoms with Crippen molar-refractivity contribution in [3.05, 3.63) is 54.0 Å². The molecular formula is C18H26IN3O3. The van der Waals surface area contributed by atoms with Crippen LogP contribution < -0.4 is 10.1 Å². The molecule has 1 unspecified atom stereocenters. The van der Waals surface area contributed by atoms with E-state index in [1.165, 1.54) is 0 Å². The number of benzene rings is 1. The molecule has 0 saturated carbocycles. The van der Waals surface area contributed by atoms with Gasteiger partial charge in [-0.3, -0.25) is 0 Å². The zero-order valence-corrected chi connectivity index (χ0v) is 17.1. The summed E-state index contributed by atoms with van der Waals surface area (Å²) in [5.74, 6) is 2.08. The number of methoxy groups -OCH3 is 1. The fourth-order valence-electron chi connectivity index (χ4n) is 2.38. The normalized spacial score (nSPS) is 12.2. The molecule has 2 rings (SSSR count). The van der Waals surface area contributed by atoms with E-state index in [9.17, 15) is 5.11 Å². The van der Waals surface area contributed by atoms with Gasteiger partial charge in [0.05, 0.1) is 19.9 Å². The average molecular weight is 459 g/mol. The third-order valence-corrected chi connectivity index (χ3v) is 3.58. The molecule has 2 aromatic rings. The van der Waals surface area contributed by atoms with Crippen LogP contribution in [0.1, 0.15) is 24.4 Å². The molecule has 0 aliphatic rings. The summed E-state index contributed by atoms with van der Waals surface area (Å²) in [6, 6.07) is 11.4. The summed E-state index contributed by atoms with van der Waals surface area (Å²) in [5, 5.41) is 13.3. The van der Waals surface area contributed by atoms with E-state index in [0.717, 1.165) is 17.9 Å². The molecule has 0 radical (unpaired) electrons. The fraction of sp³-hybridized carbons (Fsp3) is 0.389. The highest BCUT2D eigenvalue weighted by molar-refractivity contribution is 14.0. The number of furan rings is 1. The molecule has 0 amide bonds. The van der Waals surface area contributed by atoms with Crippen molar-refractivity contribution >= 4 is 29.9 Å². The monoisotopic (exact) mass is 459 g/mol. The van der Waals surface area contributed by atoms with Crippen molar-refractivity contribution in [3.8, 4) is 5.75 Å². The topological polar surface area (TPSA) is 70.2 Å². The van der Waals surface area contributed by atoms with E-state index in [2.05, 4.69) is 10.3 Å². The summed E-state index contributed by atoms with van der Waals surface area (Å²) in [4.78, 5) is 6.50. The van der Waals surface area contributed by atoms with Crippen molar-refractivity contribution in [1.29, 1.82) is 0 Å². The lowest BCUT2D eigenvalue weighted by Crippen LogP contribution is -2.38. The molecule has 0 fully saturated rings. The summed E-state index contributed by atoms with van der Waals surface area (Å²) in [6.45, 7) is 3.63. The van der Waals surface area contributed by atoms with Gasteiger partial charge >= 0.3 is 0 Å². The summed E-state index contributed by atoms with van der Waals surface area (Å²) in [6.07, 6.45) is 0.787. The number of para-hydroxylation sites is 1. The highest BCUT2D eigenvalue weighted by atomic mass is 127. The molecule has 0 bridgehead atoms.